The minimum Gasteiger partial charge on any atom is -0.497 e. The molecule has 0 spiro atoms. The molecule has 0 atom stereocenters. The molecule has 2 aromatic rings. The highest BCUT2D eigenvalue weighted by atomic mass is 19.1. The summed E-state index contributed by atoms with van der Waals surface area (Å²) >= 11 is 0. The number of carbonyl (C=O) groups excluding carboxylic acids is 2. The number of amides is 2. The van der Waals surface area contributed by atoms with E-state index in [-0.39, 0.29) is 24.6 Å². The largest absolute Gasteiger partial charge is 0.497 e. The fourth-order valence-corrected chi connectivity index (χ4v) is 2.34. The first-order valence-electron chi connectivity index (χ1n) is 8.54. The number of anilines is 1. The van der Waals surface area contributed by atoms with E-state index in [9.17, 15) is 14.0 Å². The van der Waals surface area contributed by atoms with E-state index in [0.29, 0.717) is 28.5 Å². The molecule has 2 N–H and O–H groups in total. The van der Waals surface area contributed by atoms with E-state index in [0.717, 1.165) is 0 Å². The number of methoxy groups -OCH3 is 2. The number of nitrogens with zero attached hydrogens (tertiary/aromatic N) is 1. The van der Waals surface area contributed by atoms with E-state index in [4.69, 9.17) is 9.47 Å². The lowest BCUT2D eigenvalue weighted by Gasteiger charge is -2.10. The molecule has 28 heavy (non-hydrogen) atoms. The third-order valence-electron chi connectivity index (χ3n) is 3.85. The van der Waals surface area contributed by atoms with Crippen molar-refractivity contribution < 1.29 is 23.5 Å². The normalized spacial score (nSPS) is 10.9. The Balaban J connectivity index is 1.87. The molecular formula is C20H22FN3O4. The molecule has 0 fully saturated rings. The summed E-state index contributed by atoms with van der Waals surface area (Å²) in [7, 11) is 3.09. The first-order chi connectivity index (χ1) is 13.4. The molecule has 0 bridgehead atoms. The average molecular weight is 387 g/mol. The van der Waals surface area contributed by atoms with Crippen LogP contribution in [0.25, 0.3) is 0 Å². The number of ether oxygens (including phenoxy) is 2. The number of halogens is 1. The lowest BCUT2D eigenvalue weighted by atomic mass is 10.1. The Bertz CT molecular complexity index is 866. The molecule has 7 nitrogen and oxygen atoms in total. The fraction of sp³-hybridized carbons (Fsp3) is 0.250. The standard InChI is InChI=1S/C20H22FN3O4/c1-13(17-9-8-16(27-2)12-18(17)28-3)23-24-20(26)11-10-19(25)22-15-6-4-14(21)5-7-15/h4-9,12H,10-11H2,1-3H3,(H,22,25)(H,24,26)/b23-13-. The van der Waals surface area contributed by atoms with Gasteiger partial charge in [-0.15, -0.1) is 0 Å². The van der Waals surface area contributed by atoms with Crippen molar-refractivity contribution in [3.05, 3.63) is 53.8 Å². The topological polar surface area (TPSA) is 89.0 Å². The van der Waals surface area contributed by atoms with Crippen LogP contribution in [0, 0.1) is 5.82 Å². The first kappa shape index (κ1) is 20.9. The Morgan fingerprint density at radius 2 is 1.68 bits per heavy atom. The zero-order valence-corrected chi connectivity index (χ0v) is 15.9. The molecule has 2 aromatic carbocycles. The Morgan fingerprint density at radius 1 is 1.00 bits per heavy atom. The van der Waals surface area contributed by atoms with Gasteiger partial charge in [0.05, 0.1) is 19.9 Å². The molecule has 0 heterocycles. The molecule has 0 saturated heterocycles. The fourth-order valence-electron chi connectivity index (χ4n) is 2.34. The highest BCUT2D eigenvalue weighted by Crippen LogP contribution is 2.25. The maximum Gasteiger partial charge on any atom is 0.240 e. The van der Waals surface area contributed by atoms with Gasteiger partial charge in [0.2, 0.25) is 11.8 Å². The van der Waals surface area contributed by atoms with Crippen LogP contribution < -0.4 is 20.2 Å². The zero-order chi connectivity index (χ0) is 20.5. The maximum absolute atomic E-state index is 12.8. The Hall–Kier alpha value is -3.42. The van der Waals surface area contributed by atoms with Gasteiger partial charge in [0.1, 0.15) is 17.3 Å². The zero-order valence-electron chi connectivity index (χ0n) is 15.9. The van der Waals surface area contributed by atoms with Gasteiger partial charge in [-0.1, -0.05) is 0 Å². The quantitative estimate of drug-likeness (QED) is 0.538. The van der Waals surface area contributed by atoms with Crippen LogP contribution in [0.4, 0.5) is 10.1 Å². The van der Waals surface area contributed by atoms with E-state index in [1.165, 1.54) is 31.4 Å². The monoisotopic (exact) mass is 387 g/mol. The van der Waals surface area contributed by atoms with Crippen LogP contribution in [0.1, 0.15) is 25.3 Å². The molecule has 148 valence electrons. The number of hydrogen-bond donors (Lipinski definition) is 2. The van der Waals surface area contributed by atoms with Gasteiger partial charge in [0.25, 0.3) is 0 Å². The smallest absolute Gasteiger partial charge is 0.240 e. The van der Waals surface area contributed by atoms with Crippen molar-refractivity contribution in [1.29, 1.82) is 0 Å². The van der Waals surface area contributed by atoms with Gasteiger partial charge < -0.3 is 14.8 Å². The molecule has 0 radical (unpaired) electrons. The van der Waals surface area contributed by atoms with Crippen molar-refractivity contribution in [3.63, 3.8) is 0 Å². The minimum absolute atomic E-state index is 0.0242. The predicted octanol–water partition coefficient (Wildman–Crippen LogP) is 3.10. The third kappa shape index (κ3) is 6.08. The van der Waals surface area contributed by atoms with Gasteiger partial charge in [-0.3, -0.25) is 9.59 Å². The number of hydrazone groups is 1. The molecule has 2 amide bonds. The highest BCUT2D eigenvalue weighted by Gasteiger charge is 2.10. The van der Waals surface area contributed by atoms with Crippen LogP contribution in [-0.4, -0.2) is 31.7 Å². The van der Waals surface area contributed by atoms with Crippen molar-refractivity contribution in [2.24, 2.45) is 5.10 Å². The number of nitrogens with one attached hydrogen (secondary N) is 2. The highest BCUT2D eigenvalue weighted by molar-refractivity contribution is 6.02. The third-order valence-corrected chi connectivity index (χ3v) is 3.85. The number of carbonyl (C=O) groups is 2. The van der Waals surface area contributed by atoms with Crippen molar-refractivity contribution in [2.75, 3.05) is 19.5 Å². The van der Waals surface area contributed by atoms with E-state index in [1.807, 2.05) is 0 Å². The molecule has 0 aliphatic rings. The number of hydrogen-bond acceptors (Lipinski definition) is 5. The number of rotatable bonds is 8. The van der Waals surface area contributed by atoms with Crippen LogP contribution in [0.2, 0.25) is 0 Å². The summed E-state index contributed by atoms with van der Waals surface area (Å²) in [5.74, 6) is 0.0672. The number of benzene rings is 2. The SMILES string of the molecule is COc1ccc(/C(C)=N\NC(=O)CCC(=O)Nc2ccc(F)cc2)c(OC)c1. The van der Waals surface area contributed by atoms with E-state index in [2.05, 4.69) is 15.8 Å². The van der Waals surface area contributed by atoms with E-state index in [1.54, 1.807) is 32.2 Å². The van der Waals surface area contributed by atoms with Crippen LogP contribution in [0.15, 0.2) is 47.6 Å². The molecule has 0 saturated carbocycles. The van der Waals surface area contributed by atoms with Crippen LogP contribution in [0.5, 0.6) is 11.5 Å². The van der Waals surface area contributed by atoms with Gasteiger partial charge >= 0.3 is 0 Å². The molecule has 0 aromatic heterocycles. The van der Waals surface area contributed by atoms with E-state index < -0.39 is 5.91 Å². The van der Waals surface area contributed by atoms with Crippen LogP contribution in [0.3, 0.4) is 0 Å². The molecule has 0 unspecified atom stereocenters. The molecule has 2 rings (SSSR count). The van der Waals surface area contributed by atoms with Gasteiger partial charge in [0.15, 0.2) is 0 Å². The second kappa shape index (κ2) is 10.1. The lowest BCUT2D eigenvalue weighted by Crippen LogP contribution is -2.21. The Labute approximate surface area is 162 Å². The van der Waals surface area contributed by atoms with Crippen molar-refractivity contribution in [3.8, 4) is 11.5 Å². The van der Waals surface area contributed by atoms with Gasteiger partial charge in [-0.2, -0.15) is 5.10 Å². The Kier molecular flexibility index (Phi) is 7.50. The average Bonchev–Trinajstić information content (AvgIpc) is 2.71. The summed E-state index contributed by atoms with van der Waals surface area (Å²) in [6.07, 6.45) is -0.0623. The van der Waals surface area contributed by atoms with Crippen molar-refractivity contribution in [2.45, 2.75) is 19.8 Å². The van der Waals surface area contributed by atoms with Crippen molar-refractivity contribution in [1.82, 2.24) is 5.43 Å². The molecular weight excluding hydrogens is 365 g/mol. The second-order valence-corrected chi connectivity index (χ2v) is 5.85. The summed E-state index contributed by atoms with van der Waals surface area (Å²) in [6, 6.07) is 10.6. The minimum atomic E-state index is -0.402. The predicted molar refractivity (Wildman–Crippen MR) is 104 cm³/mol. The van der Waals surface area contributed by atoms with Crippen LogP contribution in [-0.2, 0) is 9.59 Å². The lowest BCUT2D eigenvalue weighted by molar-refractivity contribution is -0.124. The van der Waals surface area contributed by atoms with Gasteiger partial charge in [0, 0.05) is 30.2 Å². The molecule has 8 heteroatoms. The summed E-state index contributed by atoms with van der Waals surface area (Å²) in [5, 5.41) is 6.64. The van der Waals surface area contributed by atoms with E-state index >= 15 is 0 Å². The summed E-state index contributed by atoms with van der Waals surface area (Å²) in [6.45, 7) is 1.73. The Morgan fingerprint density at radius 3 is 2.32 bits per heavy atom. The molecule has 0 aliphatic carbocycles. The summed E-state index contributed by atoms with van der Waals surface area (Å²) < 4.78 is 23.3. The second-order valence-electron chi connectivity index (χ2n) is 5.85. The van der Waals surface area contributed by atoms with Gasteiger partial charge in [-0.05, 0) is 43.3 Å². The maximum atomic E-state index is 12.8. The first-order valence-corrected chi connectivity index (χ1v) is 8.54. The van der Waals surface area contributed by atoms with Crippen LogP contribution >= 0.6 is 0 Å². The molecule has 0 aliphatic heterocycles. The van der Waals surface area contributed by atoms with Gasteiger partial charge in [-0.25, -0.2) is 9.82 Å². The summed E-state index contributed by atoms with van der Waals surface area (Å²) in [4.78, 5) is 23.8. The van der Waals surface area contributed by atoms with Crippen molar-refractivity contribution >= 4 is 23.2 Å². The summed E-state index contributed by atoms with van der Waals surface area (Å²) in [5.41, 5.74) is 4.14.